The van der Waals surface area contributed by atoms with Crippen molar-refractivity contribution in [3.8, 4) is 0 Å². The molecule has 2 N–H and O–H groups in total. The van der Waals surface area contributed by atoms with Crippen molar-refractivity contribution in [2.75, 3.05) is 33.4 Å². The van der Waals surface area contributed by atoms with E-state index in [9.17, 15) is 0 Å². The van der Waals surface area contributed by atoms with Crippen LogP contribution < -0.4 is 0 Å². The maximum Gasteiger partial charge on any atom is 0.0519 e. The summed E-state index contributed by atoms with van der Waals surface area (Å²) in [5.74, 6) is 0. The molecule has 0 saturated carbocycles. The largest absolute Gasteiger partial charge is 0.396 e. The maximum atomic E-state index is 9.07. The van der Waals surface area contributed by atoms with E-state index in [0.29, 0.717) is 0 Å². The van der Waals surface area contributed by atoms with E-state index in [1.165, 1.54) is 12.8 Å². The highest BCUT2D eigenvalue weighted by molar-refractivity contribution is 4.75. The molecule has 0 aromatic heterocycles. The van der Waals surface area contributed by atoms with Crippen LogP contribution in [0, 0.1) is 5.41 Å². The van der Waals surface area contributed by atoms with Crippen LogP contribution in [0.5, 0.6) is 0 Å². The second-order valence-electron chi connectivity index (χ2n) is 4.22. The highest BCUT2D eigenvalue weighted by Gasteiger charge is 2.23. The Labute approximate surface area is 81.4 Å². The van der Waals surface area contributed by atoms with Crippen LogP contribution in [-0.4, -0.2) is 48.5 Å². The number of aliphatic hydroxyl groups excluding tert-OH is 2. The second kappa shape index (κ2) is 6.35. The van der Waals surface area contributed by atoms with Gasteiger partial charge in [0, 0.05) is 12.0 Å². The molecule has 0 fully saturated rings. The van der Waals surface area contributed by atoms with Gasteiger partial charge in [0.25, 0.3) is 0 Å². The number of aliphatic hydroxyl groups is 2. The molecule has 0 spiro atoms. The monoisotopic (exact) mass is 189 g/mol. The Morgan fingerprint density at radius 2 is 1.77 bits per heavy atom. The Kier molecular flexibility index (Phi) is 6.29. The Morgan fingerprint density at radius 3 is 2.15 bits per heavy atom. The van der Waals surface area contributed by atoms with Gasteiger partial charge in [0.1, 0.15) is 0 Å². The number of hydrogen-bond acceptors (Lipinski definition) is 3. The van der Waals surface area contributed by atoms with Crippen LogP contribution in [0.4, 0.5) is 0 Å². The van der Waals surface area contributed by atoms with Gasteiger partial charge in [-0.3, -0.25) is 0 Å². The van der Waals surface area contributed by atoms with E-state index in [1.807, 2.05) is 14.0 Å². The Hall–Kier alpha value is -0.120. The first-order valence-electron chi connectivity index (χ1n) is 4.98. The minimum absolute atomic E-state index is 0.0416. The molecule has 3 nitrogen and oxygen atoms in total. The summed E-state index contributed by atoms with van der Waals surface area (Å²) < 4.78 is 0. The van der Waals surface area contributed by atoms with E-state index in [2.05, 4.69) is 11.8 Å². The molecule has 13 heavy (non-hydrogen) atoms. The third-order valence-electron chi connectivity index (χ3n) is 2.31. The summed E-state index contributed by atoms with van der Waals surface area (Å²) in [7, 11) is 2.03. The van der Waals surface area contributed by atoms with Crippen LogP contribution in [0.1, 0.15) is 26.7 Å². The zero-order valence-corrected chi connectivity index (χ0v) is 9.08. The summed E-state index contributed by atoms with van der Waals surface area (Å²) in [6.07, 6.45) is 2.35. The Balaban J connectivity index is 3.79. The molecular formula is C10H23NO2. The zero-order chi connectivity index (χ0) is 10.3. The molecule has 0 amide bonds. The molecule has 0 unspecified atom stereocenters. The molecule has 3 heteroatoms. The summed E-state index contributed by atoms with van der Waals surface area (Å²) in [5.41, 5.74) is -0.359. The van der Waals surface area contributed by atoms with Gasteiger partial charge in [-0.05, 0) is 20.0 Å². The third kappa shape index (κ3) is 5.24. The average molecular weight is 189 g/mol. The smallest absolute Gasteiger partial charge is 0.0519 e. The van der Waals surface area contributed by atoms with Crippen molar-refractivity contribution in [1.82, 2.24) is 4.90 Å². The zero-order valence-electron chi connectivity index (χ0n) is 9.08. The molecule has 0 aromatic rings. The van der Waals surface area contributed by atoms with Gasteiger partial charge in [-0.2, -0.15) is 0 Å². The van der Waals surface area contributed by atoms with Crippen molar-refractivity contribution in [2.45, 2.75) is 26.7 Å². The van der Waals surface area contributed by atoms with Crippen molar-refractivity contribution in [3.63, 3.8) is 0 Å². The minimum atomic E-state index is -0.359. The van der Waals surface area contributed by atoms with E-state index in [-0.39, 0.29) is 18.6 Å². The van der Waals surface area contributed by atoms with Gasteiger partial charge in [0.05, 0.1) is 13.2 Å². The van der Waals surface area contributed by atoms with Crippen molar-refractivity contribution in [2.24, 2.45) is 5.41 Å². The summed E-state index contributed by atoms with van der Waals surface area (Å²) in [6, 6.07) is 0. The molecule has 0 bridgehead atoms. The molecular weight excluding hydrogens is 166 g/mol. The standard InChI is InChI=1S/C10H23NO2/c1-4-5-6-11(3)7-10(2,8-12)9-13/h12-13H,4-9H2,1-3H3. The Bertz CT molecular complexity index is 124. The number of hydrogen-bond donors (Lipinski definition) is 2. The molecule has 0 heterocycles. The predicted octanol–water partition coefficient (Wildman–Crippen LogP) is 0.709. The van der Waals surface area contributed by atoms with E-state index < -0.39 is 0 Å². The van der Waals surface area contributed by atoms with E-state index in [4.69, 9.17) is 10.2 Å². The number of nitrogens with zero attached hydrogens (tertiary/aromatic N) is 1. The normalized spacial score (nSPS) is 12.5. The first kappa shape index (κ1) is 12.9. The van der Waals surface area contributed by atoms with Gasteiger partial charge in [0.2, 0.25) is 0 Å². The number of rotatable bonds is 7. The van der Waals surface area contributed by atoms with E-state index >= 15 is 0 Å². The maximum absolute atomic E-state index is 9.07. The summed E-state index contributed by atoms with van der Waals surface area (Å²) in [4.78, 5) is 2.16. The molecule has 0 aliphatic rings. The second-order valence-corrected chi connectivity index (χ2v) is 4.22. The van der Waals surface area contributed by atoms with Crippen molar-refractivity contribution in [1.29, 1.82) is 0 Å². The topological polar surface area (TPSA) is 43.7 Å². The lowest BCUT2D eigenvalue weighted by Crippen LogP contribution is -2.39. The molecule has 0 saturated heterocycles. The Morgan fingerprint density at radius 1 is 1.23 bits per heavy atom. The SMILES string of the molecule is CCCCN(C)CC(C)(CO)CO. The fraction of sp³-hybridized carbons (Fsp3) is 1.00. The average Bonchev–Trinajstić information content (AvgIpc) is 2.14. The van der Waals surface area contributed by atoms with Crippen LogP contribution in [-0.2, 0) is 0 Å². The minimum Gasteiger partial charge on any atom is -0.396 e. The van der Waals surface area contributed by atoms with Crippen LogP contribution in [0.2, 0.25) is 0 Å². The van der Waals surface area contributed by atoms with Crippen LogP contribution in [0.3, 0.4) is 0 Å². The molecule has 0 atom stereocenters. The molecule has 80 valence electrons. The molecule has 0 radical (unpaired) electrons. The predicted molar refractivity (Wildman–Crippen MR) is 54.7 cm³/mol. The van der Waals surface area contributed by atoms with Crippen molar-refractivity contribution in [3.05, 3.63) is 0 Å². The third-order valence-corrected chi connectivity index (χ3v) is 2.31. The number of unbranched alkanes of at least 4 members (excludes halogenated alkanes) is 1. The molecule has 0 aliphatic heterocycles. The molecule has 0 aromatic carbocycles. The summed E-state index contributed by atoms with van der Waals surface area (Å²) >= 11 is 0. The lowest BCUT2D eigenvalue weighted by atomic mass is 9.92. The molecule has 0 aliphatic carbocycles. The van der Waals surface area contributed by atoms with Crippen LogP contribution in [0.25, 0.3) is 0 Å². The van der Waals surface area contributed by atoms with Gasteiger partial charge < -0.3 is 15.1 Å². The lowest BCUT2D eigenvalue weighted by Gasteiger charge is -2.30. The van der Waals surface area contributed by atoms with Gasteiger partial charge >= 0.3 is 0 Å². The fourth-order valence-electron chi connectivity index (χ4n) is 1.31. The fourth-order valence-corrected chi connectivity index (χ4v) is 1.31. The first-order chi connectivity index (χ1) is 6.08. The van der Waals surface area contributed by atoms with E-state index in [0.717, 1.165) is 13.1 Å². The van der Waals surface area contributed by atoms with Gasteiger partial charge in [-0.25, -0.2) is 0 Å². The van der Waals surface area contributed by atoms with Crippen molar-refractivity contribution < 1.29 is 10.2 Å². The molecule has 0 rings (SSSR count). The lowest BCUT2D eigenvalue weighted by molar-refractivity contribution is 0.0418. The van der Waals surface area contributed by atoms with E-state index in [1.54, 1.807) is 0 Å². The van der Waals surface area contributed by atoms with Gasteiger partial charge in [0.15, 0.2) is 0 Å². The van der Waals surface area contributed by atoms with Crippen LogP contribution >= 0.6 is 0 Å². The summed E-state index contributed by atoms with van der Waals surface area (Å²) in [6.45, 7) is 5.92. The summed E-state index contributed by atoms with van der Waals surface area (Å²) in [5, 5.41) is 18.1. The van der Waals surface area contributed by atoms with Crippen molar-refractivity contribution >= 4 is 0 Å². The first-order valence-corrected chi connectivity index (χ1v) is 4.98. The quantitative estimate of drug-likeness (QED) is 0.620. The van der Waals surface area contributed by atoms with Gasteiger partial charge in [-0.15, -0.1) is 0 Å². The van der Waals surface area contributed by atoms with Gasteiger partial charge in [-0.1, -0.05) is 20.3 Å². The highest BCUT2D eigenvalue weighted by atomic mass is 16.3. The van der Waals surface area contributed by atoms with Crippen LogP contribution in [0.15, 0.2) is 0 Å². The highest BCUT2D eigenvalue weighted by Crippen LogP contribution is 2.15.